The highest BCUT2D eigenvalue weighted by Crippen LogP contribution is 2.30. The maximum absolute atomic E-state index is 8.90. The van der Waals surface area contributed by atoms with Gasteiger partial charge in [0.2, 0.25) is 0 Å². The Morgan fingerprint density at radius 2 is 2.00 bits per heavy atom. The topological polar surface area (TPSA) is 48.8 Å². The Morgan fingerprint density at radius 3 is 2.53 bits per heavy atom. The minimum absolute atomic E-state index is 0.647. The molecule has 1 N–H and O–H groups in total. The van der Waals surface area contributed by atoms with Gasteiger partial charge < -0.3 is 9.72 Å². The van der Waals surface area contributed by atoms with Crippen LogP contribution in [0.15, 0.2) is 18.3 Å². The molecule has 0 aliphatic heterocycles. The van der Waals surface area contributed by atoms with Crippen molar-refractivity contribution in [3.63, 3.8) is 0 Å². The first-order chi connectivity index (χ1) is 8.19. The minimum atomic E-state index is 0.647. The molecular weight excluding hydrogens is 212 g/mol. The van der Waals surface area contributed by atoms with Crippen molar-refractivity contribution in [3.8, 4) is 11.8 Å². The number of nitrogens with zero attached hydrogens (tertiary/aromatic N) is 1. The van der Waals surface area contributed by atoms with Gasteiger partial charge in [0.15, 0.2) is 0 Å². The van der Waals surface area contributed by atoms with E-state index in [1.807, 2.05) is 19.2 Å². The Kier molecular flexibility index (Phi) is 4.59. The van der Waals surface area contributed by atoms with Gasteiger partial charge in [0.05, 0.1) is 18.2 Å². The summed E-state index contributed by atoms with van der Waals surface area (Å²) in [6.07, 6.45) is 3.13. The lowest BCUT2D eigenvalue weighted by Gasteiger charge is -2.03. The lowest BCUT2D eigenvalue weighted by molar-refractivity contribution is 0.419. The van der Waals surface area contributed by atoms with Gasteiger partial charge in [0.1, 0.15) is 11.8 Å². The average molecular weight is 230 g/mol. The van der Waals surface area contributed by atoms with E-state index in [1.165, 1.54) is 6.42 Å². The maximum atomic E-state index is 8.90. The number of aromatic nitrogens is 1. The number of methoxy groups -OCH3 is 1. The van der Waals surface area contributed by atoms with Gasteiger partial charge in [-0.2, -0.15) is 5.26 Å². The molecule has 0 unspecified atom stereocenters. The normalized spacial score (nSPS) is 9.35. The number of hydrogen-bond acceptors (Lipinski definition) is 2. The lowest BCUT2D eigenvalue weighted by Crippen LogP contribution is -1.86. The zero-order valence-corrected chi connectivity index (χ0v) is 10.8. The number of aryl methyl sites for hydroxylation is 1. The molecule has 0 saturated heterocycles. The summed E-state index contributed by atoms with van der Waals surface area (Å²) in [5, 5.41) is 9.89. The van der Waals surface area contributed by atoms with E-state index >= 15 is 0 Å². The van der Waals surface area contributed by atoms with Crippen molar-refractivity contribution in [3.05, 3.63) is 29.5 Å². The van der Waals surface area contributed by atoms with Crippen molar-refractivity contribution in [1.29, 1.82) is 5.26 Å². The van der Waals surface area contributed by atoms with Crippen molar-refractivity contribution in [2.75, 3.05) is 7.11 Å². The van der Waals surface area contributed by atoms with Crippen LogP contribution in [0.2, 0.25) is 0 Å². The highest BCUT2D eigenvalue weighted by atomic mass is 16.5. The average Bonchev–Trinajstić information content (AvgIpc) is 2.72. The fraction of sp³-hybridized carbons (Fsp3) is 0.357. The Labute approximate surface area is 102 Å². The largest absolute Gasteiger partial charge is 0.496 e. The van der Waals surface area contributed by atoms with E-state index in [-0.39, 0.29) is 0 Å². The standard InChI is InChI=1S/C11H10N2O.C3H8/c1-7-6-13-11-8(5-12)3-4-9(14-2)10(7)11;1-3-2/h3-4,6,13H,1-2H3;3H2,1-2H3. The third kappa shape index (κ3) is 2.59. The van der Waals surface area contributed by atoms with Crippen LogP contribution in [0.4, 0.5) is 0 Å². The lowest BCUT2D eigenvalue weighted by atomic mass is 10.1. The zero-order valence-electron chi connectivity index (χ0n) is 10.8. The number of hydrogen-bond donors (Lipinski definition) is 1. The fourth-order valence-corrected chi connectivity index (χ4v) is 1.64. The summed E-state index contributed by atoms with van der Waals surface area (Å²) in [7, 11) is 1.63. The predicted molar refractivity (Wildman–Crippen MR) is 70.3 cm³/mol. The summed E-state index contributed by atoms with van der Waals surface area (Å²) < 4.78 is 5.24. The van der Waals surface area contributed by atoms with Crippen molar-refractivity contribution in [2.24, 2.45) is 0 Å². The smallest absolute Gasteiger partial charge is 0.128 e. The van der Waals surface area contributed by atoms with Crippen molar-refractivity contribution >= 4 is 10.9 Å². The van der Waals surface area contributed by atoms with Crippen LogP contribution in [-0.2, 0) is 0 Å². The van der Waals surface area contributed by atoms with Gasteiger partial charge in [-0.15, -0.1) is 0 Å². The van der Waals surface area contributed by atoms with Crippen LogP contribution in [0.25, 0.3) is 10.9 Å². The van der Waals surface area contributed by atoms with E-state index in [0.29, 0.717) is 5.56 Å². The van der Waals surface area contributed by atoms with E-state index in [4.69, 9.17) is 10.00 Å². The summed E-state index contributed by atoms with van der Waals surface area (Å²) in [5.74, 6) is 0.803. The zero-order chi connectivity index (χ0) is 12.8. The predicted octanol–water partition coefficient (Wildman–Crippen LogP) is 3.77. The molecule has 1 aromatic carbocycles. The molecule has 2 rings (SSSR count). The van der Waals surface area contributed by atoms with Gasteiger partial charge in [-0.25, -0.2) is 0 Å². The van der Waals surface area contributed by atoms with Gasteiger partial charge in [0.25, 0.3) is 0 Å². The molecule has 3 nitrogen and oxygen atoms in total. The van der Waals surface area contributed by atoms with Crippen molar-refractivity contribution < 1.29 is 4.74 Å². The summed E-state index contributed by atoms with van der Waals surface area (Å²) in [6, 6.07) is 5.73. The van der Waals surface area contributed by atoms with E-state index in [2.05, 4.69) is 24.9 Å². The molecule has 17 heavy (non-hydrogen) atoms. The summed E-state index contributed by atoms with van der Waals surface area (Å²) >= 11 is 0. The summed E-state index contributed by atoms with van der Waals surface area (Å²) in [6.45, 7) is 6.24. The molecular formula is C14H18N2O. The second-order valence-electron chi connectivity index (χ2n) is 3.86. The van der Waals surface area contributed by atoms with Crippen LogP contribution in [0.5, 0.6) is 5.75 Å². The monoisotopic (exact) mass is 230 g/mol. The minimum Gasteiger partial charge on any atom is -0.496 e. The molecule has 0 bridgehead atoms. The molecule has 90 valence electrons. The fourth-order valence-electron chi connectivity index (χ4n) is 1.64. The maximum Gasteiger partial charge on any atom is 0.128 e. The molecule has 0 radical (unpaired) electrons. The van der Waals surface area contributed by atoms with Crippen LogP contribution in [0.3, 0.4) is 0 Å². The molecule has 0 spiro atoms. The molecule has 0 saturated carbocycles. The number of H-pyrrole nitrogens is 1. The molecule has 3 heteroatoms. The number of fused-ring (bicyclic) bond motifs is 1. The molecule has 1 heterocycles. The van der Waals surface area contributed by atoms with E-state index in [0.717, 1.165) is 22.2 Å². The summed E-state index contributed by atoms with van der Waals surface area (Å²) in [5.41, 5.74) is 2.59. The van der Waals surface area contributed by atoms with Crippen LogP contribution >= 0.6 is 0 Å². The quantitative estimate of drug-likeness (QED) is 0.810. The van der Waals surface area contributed by atoms with Crippen LogP contribution in [-0.4, -0.2) is 12.1 Å². The highest BCUT2D eigenvalue weighted by molar-refractivity contribution is 5.93. The Bertz CT molecular complexity index is 535. The Hall–Kier alpha value is -1.95. The number of rotatable bonds is 1. The first kappa shape index (κ1) is 13.1. The van der Waals surface area contributed by atoms with E-state index in [1.54, 1.807) is 13.2 Å². The number of ether oxygens (including phenoxy) is 1. The molecule has 0 amide bonds. The molecule has 0 fully saturated rings. The third-order valence-corrected chi connectivity index (χ3v) is 2.33. The van der Waals surface area contributed by atoms with Crippen molar-refractivity contribution in [2.45, 2.75) is 27.2 Å². The molecule has 1 aromatic heterocycles. The first-order valence-electron chi connectivity index (χ1n) is 5.74. The number of benzene rings is 1. The van der Waals surface area contributed by atoms with Crippen molar-refractivity contribution in [1.82, 2.24) is 4.98 Å². The van der Waals surface area contributed by atoms with Gasteiger partial charge in [-0.3, -0.25) is 0 Å². The van der Waals surface area contributed by atoms with Gasteiger partial charge in [-0.05, 0) is 24.6 Å². The molecule has 0 atom stereocenters. The van der Waals surface area contributed by atoms with Crippen LogP contribution in [0.1, 0.15) is 31.4 Å². The number of aromatic amines is 1. The van der Waals surface area contributed by atoms with E-state index < -0.39 is 0 Å². The molecule has 2 aromatic rings. The molecule has 0 aliphatic carbocycles. The second-order valence-corrected chi connectivity index (χ2v) is 3.86. The van der Waals surface area contributed by atoms with Gasteiger partial charge >= 0.3 is 0 Å². The second kappa shape index (κ2) is 5.95. The third-order valence-electron chi connectivity index (χ3n) is 2.33. The highest BCUT2D eigenvalue weighted by Gasteiger charge is 2.09. The molecule has 0 aliphatic rings. The Balaban J connectivity index is 0.000000437. The van der Waals surface area contributed by atoms with Crippen LogP contribution < -0.4 is 4.74 Å². The van der Waals surface area contributed by atoms with E-state index in [9.17, 15) is 0 Å². The summed E-state index contributed by atoms with van der Waals surface area (Å²) in [4.78, 5) is 3.08. The first-order valence-corrected chi connectivity index (χ1v) is 5.74. The SMILES string of the molecule is CCC.COc1ccc(C#N)c2[nH]cc(C)c12. The van der Waals surface area contributed by atoms with Gasteiger partial charge in [0, 0.05) is 11.6 Å². The van der Waals surface area contributed by atoms with Crippen LogP contribution in [0, 0.1) is 18.3 Å². The van der Waals surface area contributed by atoms with Gasteiger partial charge in [-0.1, -0.05) is 20.3 Å². The number of nitriles is 1. The number of nitrogens with one attached hydrogen (secondary N) is 1. The Morgan fingerprint density at radius 1 is 1.35 bits per heavy atom.